The van der Waals surface area contributed by atoms with Gasteiger partial charge in [0.1, 0.15) is 5.82 Å². The van der Waals surface area contributed by atoms with Gasteiger partial charge in [0.2, 0.25) is 11.7 Å². The van der Waals surface area contributed by atoms with E-state index in [1.54, 1.807) is 18.2 Å². The largest absolute Gasteiger partial charge is 0.475 e. The molecular formula is C23H17ClFN5O3. The molecule has 0 bridgehead atoms. The van der Waals surface area contributed by atoms with Gasteiger partial charge >= 0.3 is 12.0 Å². The second-order valence-electron chi connectivity index (χ2n) is 7.51. The molecule has 2 aliphatic rings. The van der Waals surface area contributed by atoms with Gasteiger partial charge in [0.15, 0.2) is 0 Å². The highest BCUT2D eigenvalue weighted by Gasteiger charge is 2.27. The zero-order valence-electron chi connectivity index (χ0n) is 17.3. The van der Waals surface area contributed by atoms with Crippen LogP contribution < -0.4 is 10.6 Å². The van der Waals surface area contributed by atoms with E-state index in [9.17, 15) is 9.18 Å². The minimum atomic E-state index is -1.22. The van der Waals surface area contributed by atoms with E-state index < -0.39 is 5.97 Å². The van der Waals surface area contributed by atoms with Gasteiger partial charge in [0.25, 0.3) is 0 Å². The lowest BCUT2D eigenvalue weighted by Crippen LogP contribution is -2.34. The monoisotopic (exact) mass is 465 g/mol. The molecule has 166 valence electrons. The van der Waals surface area contributed by atoms with Gasteiger partial charge in [-0.15, -0.1) is 0 Å². The molecule has 2 aliphatic heterocycles. The third kappa shape index (κ3) is 3.87. The molecule has 0 aliphatic carbocycles. The SMILES string of the molecule is Cc1cccc(F)c1C1=NCC2=C(NC(Nc3ncc(C(=O)O)o3)=NC2)c2ccc(Cl)cc21. The van der Waals surface area contributed by atoms with Gasteiger partial charge in [0, 0.05) is 21.7 Å². The van der Waals surface area contributed by atoms with Gasteiger partial charge in [0.05, 0.1) is 30.7 Å². The van der Waals surface area contributed by atoms with Gasteiger partial charge in [-0.25, -0.2) is 19.2 Å². The first-order valence-corrected chi connectivity index (χ1v) is 10.4. The molecule has 0 unspecified atom stereocenters. The molecule has 3 N–H and O–H groups in total. The minimum Gasteiger partial charge on any atom is -0.475 e. The molecule has 33 heavy (non-hydrogen) atoms. The minimum absolute atomic E-state index is 0.00780. The number of nitrogens with zero attached hydrogens (tertiary/aromatic N) is 3. The Labute approximate surface area is 192 Å². The number of carboxylic acid groups (broad SMARTS) is 1. The van der Waals surface area contributed by atoms with Crippen molar-refractivity contribution in [2.45, 2.75) is 6.92 Å². The van der Waals surface area contributed by atoms with E-state index in [0.717, 1.165) is 28.6 Å². The number of aromatic nitrogens is 1. The van der Waals surface area contributed by atoms with Crippen molar-refractivity contribution in [3.63, 3.8) is 0 Å². The fourth-order valence-electron chi connectivity index (χ4n) is 3.83. The smallest absolute Gasteiger partial charge is 0.373 e. The second kappa shape index (κ2) is 8.18. The second-order valence-corrected chi connectivity index (χ2v) is 7.95. The lowest BCUT2D eigenvalue weighted by atomic mass is 9.92. The standard InChI is InChI=1S/C23H17ClFN5O3/c1-11-3-2-4-16(25)18(11)20-15-7-13(24)5-6-14(15)19-12(8-26-20)9-27-22(29-19)30-23-28-10-17(33-23)21(31)32/h2-7,10H,8-9H2,1H3,(H,31,32)(H2,27,28,29,30). The van der Waals surface area contributed by atoms with Crippen LogP contribution >= 0.6 is 11.6 Å². The molecule has 10 heteroatoms. The van der Waals surface area contributed by atoms with E-state index in [4.69, 9.17) is 26.1 Å². The maximum Gasteiger partial charge on any atom is 0.373 e. The van der Waals surface area contributed by atoms with E-state index in [1.165, 1.54) is 6.07 Å². The number of carboxylic acids is 1. The Morgan fingerprint density at radius 3 is 2.79 bits per heavy atom. The third-order valence-corrected chi connectivity index (χ3v) is 5.59. The highest BCUT2D eigenvalue weighted by Crippen LogP contribution is 2.32. The molecule has 0 saturated heterocycles. The Morgan fingerprint density at radius 1 is 1.21 bits per heavy atom. The fourth-order valence-corrected chi connectivity index (χ4v) is 4.00. The Morgan fingerprint density at radius 2 is 2.03 bits per heavy atom. The molecule has 1 aromatic heterocycles. The predicted octanol–water partition coefficient (Wildman–Crippen LogP) is 4.11. The fraction of sp³-hybridized carbons (Fsp3) is 0.130. The number of hydrogen-bond donors (Lipinski definition) is 3. The van der Waals surface area contributed by atoms with E-state index in [1.807, 2.05) is 19.1 Å². The number of rotatable bonds is 3. The summed E-state index contributed by atoms with van der Waals surface area (Å²) < 4.78 is 20.0. The number of nitrogens with one attached hydrogen (secondary N) is 2. The molecule has 2 aromatic carbocycles. The Bertz CT molecular complexity index is 1370. The van der Waals surface area contributed by atoms with Crippen molar-refractivity contribution in [1.29, 1.82) is 0 Å². The van der Waals surface area contributed by atoms with Crippen LogP contribution in [0.25, 0.3) is 5.70 Å². The molecule has 5 rings (SSSR count). The zero-order chi connectivity index (χ0) is 23.1. The molecule has 0 fully saturated rings. The first-order valence-electron chi connectivity index (χ1n) is 10.0. The molecule has 0 saturated carbocycles. The number of hydrogen-bond acceptors (Lipinski definition) is 7. The third-order valence-electron chi connectivity index (χ3n) is 5.36. The molecular weight excluding hydrogens is 449 g/mol. The number of carbonyl (C=O) groups is 1. The number of oxazole rings is 1. The van der Waals surface area contributed by atoms with Gasteiger partial charge in [-0.1, -0.05) is 29.8 Å². The summed E-state index contributed by atoms with van der Waals surface area (Å²) in [7, 11) is 0. The molecule has 8 nitrogen and oxygen atoms in total. The Hall–Kier alpha value is -3.98. The zero-order valence-corrected chi connectivity index (χ0v) is 18.1. The van der Waals surface area contributed by atoms with E-state index in [0.29, 0.717) is 40.9 Å². The average Bonchev–Trinajstić information content (AvgIpc) is 3.19. The van der Waals surface area contributed by atoms with Crippen molar-refractivity contribution < 1.29 is 18.7 Å². The van der Waals surface area contributed by atoms with Gasteiger partial charge in [-0.05, 0) is 36.3 Å². The number of guanidine groups is 1. The number of fused-ring (bicyclic) bond motifs is 2. The van der Waals surface area contributed by atoms with Crippen LogP contribution in [0.1, 0.15) is 32.8 Å². The van der Waals surface area contributed by atoms with E-state index >= 15 is 0 Å². The van der Waals surface area contributed by atoms with Crippen LogP contribution in [0.4, 0.5) is 10.4 Å². The number of aliphatic imine (C=N–C) groups is 2. The quantitative estimate of drug-likeness (QED) is 0.536. The molecule has 0 spiro atoms. The van der Waals surface area contributed by atoms with Crippen molar-refractivity contribution in [1.82, 2.24) is 10.3 Å². The first-order chi connectivity index (χ1) is 15.9. The molecule has 0 radical (unpaired) electrons. The van der Waals surface area contributed by atoms with Gasteiger partial charge in [-0.3, -0.25) is 10.3 Å². The summed E-state index contributed by atoms with van der Waals surface area (Å²) in [5, 5.41) is 15.6. The maximum atomic E-state index is 14.9. The predicted molar refractivity (Wildman–Crippen MR) is 123 cm³/mol. The van der Waals surface area contributed by atoms with Crippen LogP contribution in [0.5, 0.6) is 0 Å². The average molecular weight is 466 g/mol. The maximum absolute atomic E-state index is 14.9. The highest BCUT2D eigenvalue weighted by atomic mass is 35.5. The number of benzene rings is 2. The number of halogens is 2. The van der Waals surface area contributed by atoms with Crippen LogP contribution in [-0.4, -0.2) is 40.8 Å². The summed E-state index contributed by atoms with van der Waals surface area (Å²) >= 11 is 6.31. The molecule has 0 amide bonds. The summed E-state index contributed by atoms with van der Waals surface area (Å²) in [6.07, 6.45) is 1.11. The van der Waals surface area contributed by atoms with Crippen molar-refractivity contribution >= 4 is 41.0 Å². The van der Waals surface area contributed by atoms with Crippen LogP contribution in [-0.2, 0) is 0 Å². The van der Waals surface area contributed by atoms with Gasteiger partial charge in [-0.2, -0.15) is 0 Å². The Balaban J connectivity index is 1.52. The Kier molecular flexibility index (Phi) is 5.18. The molecule has 0 atom stereocenters. The van der Waals surface area contributed by atoms with Crippen molar-refractivity contribution in [2.24, 2.45) is 9.98 Å². The number of anilines is 1. The normalized spacial score (nSPS) is 15.0. The van der Waals surface area contributed by atoms with Crippen LogP contribution in [0, 0.1) is 12.7 Å². The molecule has 3 aromatic rings. The number of aromatic carboxylic acids is 1. The lowest BCUT2D eigenvalue weighted by Gasteiger charge is -2.22. The summed E-state index contributed by atoms with van der Waals surface area (Å²) in [5.74, 6) is -1.54. The van der Waals surface area contributed by atoms with Crippen molar-refractivity contribution in [2.75, 3.05) is 18.4 Å². The van der Waals surface area contributed by atoms with Crippen LogP contribution in [0.2, 0.25) is 5.02 Å². The van der Waals surface area contributed by atoms with E-state index in [-0.39, 0.29) is 17.6 Å². The first kappa shape index (κ1) is 20.9. The topological polar surface area (TPSA) is 112 Å². The van der Waals surface area contributed by atoms with Crippen LogP contribution in [0.15, 0.2) is 62.6 Å². The summed E-state index contributed by atoms with van der Waals surface area (Å²) in [6.45, 7) is 2.48. The van der Waals surface area contributed by atoms with Crippen molar-refractivity contribution in [3.05, 3.63) is 87.0 Å². The highest BCUT2D eigenvalue weighted by molar-refractivity contribution is 6.31. The summed E-state index contributed by atoms with van der Waals surface area (Å²) in [5.41, 5.74) is 4.88. The van der Waals surface area contributed by atoms with Crippen molar-refractivity contribution in [3.8, 4) is 0 Å². The summed E-state index contributed by atoms with van der Waals surface area (Å²) in [6, 6.07) is 10.3. The van der Waals surface area contributed by atoms with E-state index in [2.05, 4.69) is 20.6 Å². The number of aryl methyl sites for hydroxylation is 1. The van der Waals surface area contributed by atoms with Gasteiger partial charge < -0.3 is 14.8 Å². The lowest BCUT2D eigenvalue weighted by molar-refractivity contribution is 0.0663. The summed E-state index contributed by atoms with van der Waals surface area (Å²) in [4.78, 5) is 24.1. The molecule has 3 heterocycles. The van der Waals surface area contributed by atoms with Crippen LogP contribution in [0.3, 0.4) is 0 Å².